The van der Waals surface area contributed by atoms with Crippen LogP contribution < -0.4 is 4.74 Å². The fourth-order valence-corrected chi connectivity index (χ4v) is 1.61. The third-order valence-corrected chi connectivity index (χ3v) is 2.55. The predicted octanol–water partition coefficient (Wildman–Crippen LogP) is 1.01. The minimum atomic E-state index is -3.86. The summed E-state index contributed by atoms with van der Waals surface area (Å²) in [6.45, 7) is 0.251. The van der Waals surface area contributed by atoms with Crippen molar-refractivity contribution < 1.29 is 17.7 Å². The standard InChI is InChI=1S/C7H8O4S2/c8-13(9,10)5-1-3-11-7-2-4-12-6-7/h2H,1,3,5H2,(H,8,9,10). The summed E-state index contributed by atoms with van der Waals surface area (Å²) in [5.74, 6) is 0.279. The fourth-order valence-electron chi connectivity index (χ4n) is 0.687. The third-order valence-electron chi connectivity index (χ3n) is 1.20. The van der Waals surface area contributed by atoms with E-state index in [0.717, 1.165) is 0 Å². The highest BCUT2D eigenvalue weighted by Crippen LogP contribution is 2.12. The minimum absolute atomic E-state index is 0.251. The van der Waals surface area contributed by atoms with Gasteiger partial charge >= 0.3 is 0 Å². The van der Waals surface area contributed by atoms with E-state index in [1.54, 1.807) is 6.07 Å². The Hall–Kier alpha value is -0.590. The average Bonchev–Trinajstić information content (AvgIpc) is 2.48. The van der Waals surface area contributed by atoms with Gasteiger partial charge in [0.05, 0.1) is 17.7 Å². The normalized spacial score (nSPS) is 11.5. The first-order chi connectivity index (χ1) is 6.08. The maximum atomic E-state index is 10.3. The molecule has 4 nitrogen and oxygen atoms in total. The molecule has 1 heterocycles. The van der Waals surface area contributed by atoms with Crippen molar-refractivity contribution in [2.45, 2.75) is 6.42 Å². The molecule has 0 fully saturated rings. The molecule has 0 aliphatic rings. The molecule has 2 radical (unpaired) electrons. The lowest BCUT2D eigenvalue weighted by atomic mass is 10.5. The first kappa shape index (κ1) is 10.5. The van der Waals surface area contributed by atoms with E-state index in [9.17, 15) is 8.42 Å². The molecule has 1 rings (SSSR count). The maximum Gasteiger partial charge on any atom is 0.264 e. The van der Waals surface area contributed by atoms with E-state index in [4.69, 9.17) is 9.29 Å². The molecular weight excluding hydrogens is 212 g/mol. The Morgan fingerprint density at radius 1 is 1.62 bits per heavy atom. The van der Waals surface area contributed by atoms with E-state index in [1.165, 1.54) is 11.3 Å². The van der Waals surface area contributed by atoms with Crippen LogP contribution in [0.1, 0.15) is 6.42 Å². The number of hydrogen-bond acceptors (Lipinski definition) is 4. The van der Waals surface area contributed by atoms with Crippen molar-refractivity contribution in [3.63, 3.8) is 0 Å². The molecular formula is C7H8O4S2. The summed E-state index contributed by atoms with van der Waals surface area (Å²) >= 11 is 1.26. The maximum absolute atomic E-state index is 10.3. The highest BCUT2D eigenvalue weighted by atomic mass is 32.2. The zero-order valence-electron chi connectivity index (χ0n) is 6.69. The Morgan fingerprint density at radius 3 is 2.92 bits per heavy atom. The van der Waals surface area contributed by atoms with Crippen LogP contribution in [0.2, 0.25) is 0 Å². The van der Waals surface area contributed by atoms with Crippen LogP contribution in [-0.4, -0.2) is 25.3 Å². The molecule has 0 atom stereocenters. The summed E-state index contributed by atoms with van der Waals surface area (Å²) in [5, 5.41) is 5.57. The second-order valence-electron chi connectivity index (χ2n) is 2.32. The van der Waals surface area contributed by atoms with Gasteiger partial charge in [-0.1, -0.05) is 0 Å². The third kappa shape index (κ3) is 4.87. The highest BCUT2D eigenvalue weighted by Gasteiger charge is 2.03. The summed E-state index contributed by atoms with van der Waals surface area (Å²) < 4.78 is 34.0. The van der Waals surface area contributed by atoms with Crippen LogP contribution in [-0.2, 0) is 10.1 Å². The number of hydrogen-bond donors (Lipinski definition) is 1. The molecule has 0 amide bonds. The van der Waals surface area contributed by atoms with Gasteiger partial charge in [-0.2, -0.15) is 8.42 Å². The van der Waals surface area contributed by atoms with Crippen LogP contribution in [0.3, 0.4) is 0 Å². The molecule has 0 saturated carbocycles. The van der Waals surface area contributed by atoms with Gasteiger partial charge in [0.2, 0.25) is 0 Å². The molecule has 0 aliphatic heterocycles. The number of rotatable bonds is 5. The summed E-state index contributed by atoms with van der Waals surface area (Å²) in [5.41, 5.74) is 0. The van der Waals surface area contributed by atoms with Crippen LogP contribution >= 0.6 is 11.3 Å². The average molecular weight is 220 g/mol. The van der Waals surface area contributed by atoms with E-state index in [2.05, 4.69) is 10.8 Å². The van der Waals surface area contributed by atoms with Crippen molar-refractivity contribution in [3.8, 4) is 5.75 Å². The van der Waals surface area contributed by atoms with Crippen LogP contribution in [0.5, 0.6) is 5.75 Å². The fraction of sp³-hybridized carbons (Fsp3) is 0.429. The monoisotopic (exact) mass is 220 g/mol. The van der Waals surface area contributed by atoms with Gasteiger partial charge in [-0.3, -0.25) is 4.55 Å². The lowest BCUT2D eigenvalue weighted by molar-refractivity contribution is 0.317. The SMILES string of the molecule is O=S(=O)(O)CCCOc1[c]s[c]c1. The molecule has 0 spiro atoms. The van der Waals surface area contributed by atoms with Gasteiger partial charge in [-0.05, 0) is 6.42 Å². The molecule has 13 heavy (non-hydrogen) atoms. The van der Waals surface area contributed by atoms with Crippen molar-refractivity contribution in [1.82, 2.24) is 0 Å². The van der Waals surface area contributed by atoms with Crippen molar-refractivity contribution >= 4 is 21.5 Å². The molecule has 0 unspecified atom stereocenters. The Labute approximate surface area is 80.9 Å². The van der Waals surface area contributed by atoms with Crippen molar-refractivity contribution in [2.75, 3.05) is 12.4 Å². The summed E-state index contributed by atoms with van der Waals surface area (Å²) in [6.07, 6.45) is 0.266. The topological polar surface area (TPSA) is 63.6 Å². The summed E-state index contributed by atoms with van der Waals surface area (Å²) in [7, 11) is -3.86. The zero-order valence-corrected chi connectivity index (χ0v) is 8.32. The van der Waals surface area contributed by atoms with Gasteiger partial charge in [-0.15, -0.1) is 11.3 Å². The summed E-state index contributed by atoms with van der Waals surface area (Å²) in [6, 6.07) is 1.62. The predicted molar refractivity (Wildman–Crippen MR) is 48.5 cm³/mol. The van der Waals surface area contributed by atoms with Crippen LogP contribution in [0.4, 0.5) is 0 Å². The molecule has 1 N–H and O–H groups in total. The van der Waals surface area contributed by atoms with E-state index in [-0.39, 0.29) is 18.8 Å². The number of thiophene rings is 1. The summed E-state index contributed by atoms with van der Waals surface area (Å²) in [4.78, 5) is 0. The second kappa shape index (κ2) is 4.59. The van der Waals surface area contributed by atoms with Crippen LogP contribution in [0.25, 0.3) is 0 Å². The van der Waals surface area contributed by atoms with Crippen molar-refractivity contribution in [3.05, 3.63) is 16.8 Å². The van der Waals surface area contributed by atoms with Gasteiger partial charge in [0.25, 0.3) is 10.1 Å². The van der Waals surface area contributed by atoms with Crippen LogP contribution in [0, 0.1) is 10.8 Å². The van der Waals surface area contributed by atoms with Crippen molar-refractivity contribution in [1.29, 1.82) is 0 Å². The Morgan fingerprint density at radius 2 is 2.38 bits per heavy atom. The van der Waals surface area contributed by atoms with Gasteiger partial charge < -0.3 is 4.74 Å². The van der Waals surface area contributed by atoms with Gasteiger partial charge in [0.1, 0.15) is 5.75 Å². The molecule has 1 aromatic rings. The Balaban J connectivity index is 2.16. The lowest BCUT2D eigenvalue weighted by Crippen LogP contribution is -2.08. The van der Waals surface area contributed by atoms with Gasteiger partial charge in [0.15, 0.2) is 0 Å². The minimum Gasteiger partial charge on any atom is -0.492 e. The zero-order chi connectivity index (χ0) is 9.73. The molecule has 0 aliphatic carbocycles. The second-order valence-corrected chi connectivity index (χ2v) is 4.53. The Kier molecular flexibility index (Phi) is 3.71. The van der Waals surface area contributed by atoms with Crippen LogP contribution in [0.15, 0.2) is 6.07 Å². The Bertz CT molecular complexity index is 327. The molecule has 0 aromatic carbocycles. The first-order valence-electron chi connectivity index (χ1n) is 3.53. The van der Waals surface area contributed by atoms with E-state index in [1.807, 2.05) is 0 Å². The van der Waals surface area contributed by atoms with Gasteiger partial charge in [0, 0.05) is 11.4 Å². The van der Waals surface area contributed by atoms with E-state index < -0.39 is 10.1 Å². The molecule has 0 saturated heterocycles. The highest BCUT2D eigenvalue weighted by molar-refractivity contribution is 7.85. The molecule has 0 bridgehead atoms. The smallest absolute Gasteiger partial charge is 0.264 e. The molecule has 1 aromatic heterocycles. The van der Waals surface area contributed by atoms with Gasteiger partial charge in [-0.25, -0.2) is 0 Å². The molecule has 6 heteroatoms. The van der Waals surface area contributed by atoms with Crippen molar-refractivity contribution in [2.24, 2.45) is 0 Å². The number of ether oxygens (including phenoxy) is 1. The van der Waals surface area contributed by atoms with E-state index in [0.29, 0.717) is 5.75 Å². The van der Waals surface area contributed by atoms with E-state index >= 15 is 0 Å². The first-order valence-corrected chi connectivity index (χ1v) is 5.96. The lowest BCUT2D eigenvalue weighted by Gasteiger charge is -2.01. The quantitative estimate of drug-likeness (QED) is 0.594. The largest absolute Gasteiger partial charge is 0.492 e. The molecule has 72 valence electrons.